The van der Waals surface area contributed by atoms with Crippen LogP contribution in [-0.2, 0) is 9.59 Å². The summed E-state index contributed by atoms with van der Waals surface area (Å²) in [5.74, 6) is -1.08. The van der Waals surface area contributed by atoms with Crippen LogP contribution in [0.15, 0.2) is 0 Å². The highest BCUT2D eigenvalue weighted by Gasteiger charge is 2.36. The molecule has 2 aliphatic carbocycles. The highest BCUT2D eigenvalue weighted by Crippen LogP contribution is 2.31. The summed E-state index contributed by atoms with van der Waals surface area (Å²) >= 11 is 0. The van der Waals surface area contributed by atoms with Crippen LogP contribution in [-0.4, -0.2) is 23.0 Å². The van der Waals surface area contributed by atoms with E-state index in [0.717, 1.165) is 19.3 Å². The summed E-state index contributed by atoms with van der Waals surface area (Å²) in [5.41, 5.74) is 0. The summed E-state index contributed by atoms with van der Waals surface area (Å²) in [6.07, 6.45) is 9.46. The van der Waals surface area contributed by atoms with Gasteiger partial charge < -0.3 is 10.4 Å². The van der Waals surface area contributed by atoms with Gasteiger partial charge in [0.25, 0.3) is 0 Å². The lowest BCUT2D eigenvalue weighted by Gasteiger charge is -2.32. The number of aliphatic carboxylic acids is 1. The average molecular weight is 281 g/mol. The van der Waals surface area contributed by atoms with E-state index in [4.69, 9.17) is 0 Å². The zero-order chi connectivity index (χ0) is 14.5. The van der Waals surface area contributed by atoms with Crippen molar-refractivity contribution in [3.8, 4) is 0 Å². The fraction of sp³-hybridized carbons (Fsp3) is 0.875. The van der Waals surface area contributed by atoms with Crippen molar-refractivity contribution in [1.29, 1.82) is 0 Å². The molecule has 0 spiro atoms. The van der Waals surface area contributed by atoms with E-state index in [1.807, 2.05) is 0 Å². The Morgan fingerprint density at radius 3 is 2.10 bits per heavy atom. The molecule has 1 unspecified atom stereocenters. The van der Waals surface area contributed by atoms with Crippen LogP contribution in [0, 0.1) is 17.8 Å². The van der Waals surface area contributed by atoms with Crippen LogP contribution < -0.4 is 5.32 Å². The van der Waals surface area contributed by atoms with Gasteiger partial charge in [-0.3, -0.25) is 9.59 Å². The molecule has 4 nitrogen and oxygen atoms in total. The molecule has 4 heteroatoms. The van der Waals surface area contributed by atoms with Crippen molar-refractivity contribution in [2.75, 3.05) is 0 Å². The SMILES string of the molecule is CC(NC(=O)[C@@H]1CCCC[C@@H]1C(=O)O)C1CCCCC1. The molecule has 0 aromatic heterocycles. The Labute approximate surface area is 121 Å². The number of amides is 1. The van der Waals surface area contributed by atoms with Gasteiger partial charge in [0.05, 0.1) is 11.8 Å². The van der Waals surface area contributed by atoms with Crippen LogP contribution in [0.2, 0.25) is 0 Å². The number of rotatable bonds is 4. The summed E-state index contributed by atoms with van der Waals surface area (Å²) in [4.78, 5) is 23.7. The Balaban J connectivity index is 1.90. The topological polar surface area (TPSA) is 66.4 Å². The third kappa shape index (κ3) is 3.74. The third-order valence-electron chi connectivity index (χ3n) is 5.15. The number of carboxylic acids is 1. The number of hydrogen-bond donors (Lipinski definition) is 2. The monoisotopic (exact) mass is 281 g/mol. The Bertz CT molecular complexity index is 350. The van der Waals surface area contributed by atoms with E-state index in [9.17, 15) is 14.7 Å². The van der Waals surface area contributed by atoms with Gasteiger partial charge in [0.15, 0.2) is 0 Å². The fourth-order valence-electron chi connectivity index (χ4n) is 3.82. The lowest BCUT2D eigenvalue weighted by molar-refractivity contribution is -0.149. The maximum atomic E-state index is 12.4. The molecule has 0 aromatic rings. The Hall–Kier alpha value is -1.06. The van der Waals surface area contributed by atoms with Gasteiger partial charge in [0, 0.05) is 6.04 Å². The third-order valence-corrected chi connectivity index (χ3v) is 5.15. The molecule has 2 saturated carbocycles. The van der Waals surface area contributed by atoms with E-state index in [0.29, 0.717) is 12.3 Å². The number of carbonyl (C=O) groups is 2. The molecule has 0 aromatic carbocycles. The van der Waals surface area contributed by atoms with Crippen LogP contribution in [0.1, 0.15) is 64.7 Å². The van der Waals surface area contributed by atoms with Crippen molar-refractivity contribution in [2.45, 2.75) is 70.8 Å². The van der Waals surface area contributed by atoms with Gasteiger partial charge in [-0.05, 0) is 38.5 Å². The van der Waals surface area contributed by atoms with Gasteiger partial charge in [0.1, 0.15) is 0 Å². The molecule has 3 atom stereocenters. The molecule has 1 amide bonds. The standard InChI is InChI=1S/C16H27NO3/c1-11(12-7-3-2-4-8-12)17-15(18)13-9-5-6-10-14(13)16(19)20/h11-14H,2-10H2,1H3,(H,17,18)(H,19,20)/t11?,13-,14+/m1/s1. The molecule has 20 heavy (non-hydrogen) atoms. The molecule has 2 aliphatic rings. The molecule has 2 N–H and O–H groups in total. The molecule has 0 aliphatic heterocycles. The summed E-state index contributed by atoms with van der Waals surface area (Å²) in [6, 6.07) is 0.180. The highest BCUT2D eigenvalue weighted by atomic mass is 16.4. The largest absolute Gasteiger partial charge is 0.481 e. The second-order valence-corrected chi connectivity index (χ2v) is 6.53. The van der Waals surface area contributed by atoms with Crippen molar-refractivity contribution >= 4 is 11.9 Å². The van der Waals surface area contributed by atoms with Gasteiger partial charge in [-0.2, -0.15) is 0 Å². The van der Waals surface area contributed by atoms with Crippen molar-refractivity contribution in [3.63, 3.8) is 0 Å². The van der Waals surface area contributed by atoms with Gasteiger partial charge >= 0.3 is 5.97 Å². The molecular weight excluding hydrogens is 254 g/mol. The van der Waals surface area contributed by atoms with Gasteiger partial charge in [-0.25, -0.2) is 0 Å². The second-order valence-electron chi connectivity index (χ2n) is 6.53. The van der Waals surface area contributed by atoms with E-state index in [1.54, 1.807) is 0 Å². The molecule has 0 saturated heterocycles. The van der Waals surface area contributed by atoms with Crippen LogP contribution in [0.5, 0.6) is 0 Å². The Morgan fingerprint density at radius 1 is 0.950 bits per heavy atom. The molecule has 2 rings (SSSR count). The van der Waals surface area contributed by atoms with Crippen molar-refractivity contribution in [1.82, 2.24) is 5.32 Å². The molecule has 2 fully saturated rings. The number of nitrogens with one attached hydrogen (secondary N) is 1. The molecule has 0 radical (unpaired) electrons. The average Bonchev–Trinajstić information content (AvgIpc) is 2.48. The second kappa shape index (κ2) is 7.09. The molecule has 0 bridgehead atoms. The zero-order valence-electron chi connectivity index (χ0n) is 12.4. The normalized spacial score (nSPS) is 29.6. The van der Waals surface area contributed by atoms with E-state index in [1.165, 1.54) is 32.1 Å². The van der Waals surface area contributed by atoms with E-state index >= 15 is 0 Å². The van der Waals surface area contributed by atoms with E-state index in [2.05, 4.69) is 12.2 Å². The van der Waals surface area contributed by atoms with E-state index < -0.39 is 11.9 Å². The minimum absolute atomic E-state index is 0.0322. The smallest absolute Gasteiger partial charge is 0.307 e. The summed E-state index contributed by atoms with van der Waals surface area (Å²) in [6.45, 7) is 2.08. The minimum atomic E-state index is -0.810. The summed E-state index contributed by atoms with van der Waals surface area (Å²) < 4.78 is 0. The predicted molar refractivity (Wildman–Crippen MR) is 77.3 cm³/mol. The zero-order valence-corrected chi connectivity index (χ0v) is 12.4. The Kier molecular flexibility index (Phi) is 5.44. The maximum absolute atomic E-state index is 12.4. The van der Waals surface area contributed by atoms with Gasteiger partial charge in [-0.1, -0.05) is 32.1 Å². The molecular formula is C16H27NO3. The van der Waals surface area contributed by atoms with Crippen LogP contribution in [0.3, 0.4) is 0 Å². The molecule has 0 heterocycles. The van der Waals surface area contributed by atoms with E-state index in [-0.39, 0.29) is 17.9 Å². The predicted octanol–water partition coefficient (Wildman–Crippen LogP) is 2.96. The number of hydrogen-bond acceptors (Lipinski definition) is 2. The first kappa shape index (κ1) is 15.3. The minimum Gasteiger partial charge on any atom is -0.481 e. The molecule has 114 valence electrons. The quantitative estimate of drug-likeness (QED) is 0.832. The van der Waals surface area contributed by atoms with Crippen molar-refractivity contribution in [2.24, 2.45) is 17.8 Å². The Morgan fingerprint density at radius 2 is 1.50 bits per heavy atom. The summed E-state index contributed by atoms with van der Waals surface area (Å²) in [5, 5.41) is 12.4. The maximum Gasteiger partial charge on any atom is 0.307 e. The highest BCUT2D eigenvalue weighted by molar-refractivity contribution is 5.85. The van der Waals surface area contributed by atoms with Crippen molar-refractivity contribution in [3.05, 3.63) is 0 Å². The number of carboxylic acid groups (broad SMARTS) is 1. The first-order valence-electron chi connectivity index (χ1n) is 8.12. The fourth-order valence-corrected chi connectivity index (χ4v) is 3.82. The van der Waals surface area contributed by atoms with Gasteiger partial charge in [-0.15, -0.1) is 0 Å². The van der Waals surface area contributed by atoms with Crippen LogP contribution in [0.25, 0.3) is 0 Å². The lowest BCUT2D eigenvalue weighted by atomic mass is 9.78. The lowest BCUT2D eigenvalue weighted by Crippen LogP contribution is -2.45. The van der Waals surface area contributed by atoms with Gasteiger partial charge in [0.2, 0.25) is 5.91 Å². The van der Waals surface area contributed by atoms with Crippen molar-refractivity contribution < 1.29 is 14.7 Å². The summed E-state index contributed by atoms with van der Waals surface area (Å²) in [7, 11) is 0. The number of carbonyl (C=O) groups excluding carboxylic acids is 1. The first-order valence-corrected chi connectivity index (χ1v) is 8.12. The van der Waals surface area contributed by atoms with Crippen LogP contribution >= 0.6 is 0 Å². The first-order chi connectivity index (χ1) is 9.59. The van der Waals surface area contributed by atoms with Crippen LogP contribution in [0.4, 0.5) is 0 Å².